The van der Waals surface area contributed by atoms with Crippen LogP contribution in [0.2, 0.25) is 0 Å². The van der Waals surface area contributed by atoms with E-state index < -0.39 is 31.2 Å². The van der Waals surface area contributed by atoms with Gasteiger partial charge in [-0.3, -0.25) is 4.90 Å². The molecule has 0 saturated carbocycles. The number of nitriles is 1. The number of nitrogens with one attached hydrogen (secondary N) is 1. The van der Waals surface area contributed by atoms with E-state index in [9.17, 15) is 20.6 Å². The molecule has 2 fully saturated rings. The predicted octanol–water partition coefficient (Wildman–Crippen LogP) is 1.53. The maximum atomic E-state index is 15.2. The number of anilines is 3. The Morgan fingerprint density at radius 1 is 1.28 bits per heavy atom. The van der Waals surface area contributed by atoms with Crippen LogP contribution in [0, 0.1) is 17.1 Å². The molecular formula is C27H37FN6O5. The summed E-state index contributed by atoms with van der Waals surface area (Å²) in [5, 5.41) is 50.9. The quantitative estimate of drug-likeness (QED) is 0.279. The van der Waals surface area contributed by atoms with Crippen molar-refractivity contribution in [1.29, 1.82) is 5.26 Å². The number of rotatable bonds is 11. The first-order chi connectivity index (χ1) is 18.6. The number of ether oxygens (including phenoxy) is 1. The molecule has 1 aromatic carbocycles. The molecule has 4 atom stereocenters. The first-order valence-electron chi connectivity index (χ1n) is 13.2. The topological polar surface area (TPSA) is 158 Å². The van der Waals surface area contributed by atoms with E-state index in [1.807, 2.05) is 6.07 Å². The molecule has 2 aromatic rings. The standard InChI is InChI=1S/C27H37FN6O5/c1-27(2)10-20(9-19-4-3-7-34(19)27)33(13-21(37)14-35)25-23(28)12-30-26(32-25)31-18-5-6-24(17(8-18)11-29)39-16-22(38)15-36/h5-6,8,12,19-22,35-38H,3-4,7,9-10,13-16H2,1-2H3,(H,30,31,32). The van der Waals surface area contributed by atoms with Gasteiger partial charge in [-0.15, -0.1) is 0 Å². The molecule has 3 heterocycles. The van der Waals surface area contributed by atoms with Crippen LogP contribution in [0.5, 0.6) is 5.75 Å². The first-order valence-corrected chi connectivity index (χ1v) is 13.2. The largest absolute Gasteiger partial charge is 0.489 e. The highest BCUT2D eigenvalue weighted by molar-refractivity contribution is 5.61. The van der Waals surface area contributed by atoms with E-state index in [1.54, 1.807) is 11.0 Å². The SMILES string of the molecule is CC1(C)CC(N(CC(O)CO)c2nc(Nc3ccc(OCC(O)CO)c(C#N)c3)ncc2F)CC2CCCN21. The van der Waals surface area contributed by atoms with Gasteiger partial charge in [-0.2, -0.15) is 10.2 Å². The summed E-state index contributed by atoms with van der Waals surface area (Å²) in [6, 6.07) is 6.96. The van der Waals surface area contributed by atoms with Crippen molar-refractivity contribution in [1.82, 2.24) is 14.9 Å². The monoisotopic (exact) mass is 544 g/mol. The number of hydrogen-bond donors (Lipinski definition) is 5. The Hall–Kier alpha value is -3.08. The van der Waals surface area contributed by atoms with Gasteiger partial charge in [0.1, 0.15) is 24.5 Å². The van der Waals surface area contributed by atoms with Crippen molar-refractivity contribution in [2.45, 2.75) is 69.4 Å². The highest BCUT2D eigenvalue weighted by Crippen LogP contribution is 2.40. The van der Waals surface area contributed by atoms with Crippen molar-refractivity contribution in [3.63, 3.8) is 0 Å². The molecule has 12 heteroatoms. The van der Waals surface area contributed by atoms with E-state index in [4.69, 9.17) is 9.84 Å². The second-order valence-corrected chi connectivity index (χ2v) is 10.8. The van der Waals surface area contributed by atoms with E-state index in [-0.39, 0.29) is 47.8 Å². The minimum absolute atomic E-state index is 0.0155. The lowest BCUT2D eigenvalue weighted by molar-refractivity contribution is 0.0389. The van der Waals surface area contributed by atoms with Crippen LogP contribution >= 0.6 is 0 Å². The van der Waals surface area contributed by atoms with Gasteiger partial charge in [-0.25, -0.2) is 9.37 Å². The minimum Gasteiger partial charge on any atom is -0.489 e. The Balaban J connectivity index is 1.59. The maximum Gasteiger partial charge on any atom is 0.229 e. The van der Waals surface area contributed by atoms with Crippen LogP contribution in [-0.2, 0) is 0 Å². The van der Waals surface area contributed by atoms with Crippen molar-refractivity contribution >= 4 is 17.5 Å². The smallest absolute Gasteiger partial charge is 0.229 e. The summed E-state index contributed by atoms with van der Waals surface area (Å²) >= 11 is 0. The van der Waals surface area contributed by atoms with Gasteiger partial charge < -0.3 is 35.4 Å². The zero-order valence-electron chi connectivity index (χ0n) is 22.3. The summed E-state index contributed by atoms with van der Waals surface area (Å²) in [5.74, 6) is -0.269. The van der Waals surface area contributed by atoms with Gasteiger partial charge in [-0.05, 0) is 64.3 Å². The molecule has 2 aliphatic heterocycles. The molecule has 39 heavy (non-hydrogen) atoms. The van der Waals surface area contributed by atoms with E-state index in [2.05, 4.69) is 34.0 Å². The molecular weight excluding hydrogens is 507 g/mol. The second kappa shape index (κ2) is 12.4. The number of benzene rings is 1. The lowest BCUT2D eigenvalue weighted by Gasteiger charge is -2.50. The highest BCUT2D eigenvalue weighted by Gasteiger charge is 2.45. The normalized spacial score (nSPS) is 22.0. The van der Waals surface area contributed by atoms with E-state index in [0.29, 0.717) is 11.7 Å². The second-order valence-electron chi connectivity index (χ2n) is 10.8. The number of halogens is 1. The molecule has 212 valence electrons. The van der Waals surface area contributed by atoms with Crippen LogP contribution in [0.4, 0.5) is 21.8 Å². The van der Waals surface area contributed by atoms with Crippen LogP contribution < -0.4 is 15.0 Å². The Bertz CT molecular complexity index is 1180. The highest BCUT2D eigenvalue weighted by atomic mass is 19.1. The molecule has 1 aromatic heterocycles. The van der Waals surface area contributed by atoms with Crippen molar-refractivity contribution in [2.75, 3.05) is 43.1 Å². The number of fused-ring (bicyclic) bond motifs is 1. The van der Waals surface area contributed by atoms with Gasteiger partial charge in [0, 0.05) is 29.9 Å². The van der Waals surface area contributed by atoms with Gasteiger partial charge in [0.2, 0.25) is 5.95 Å². The average Bonchev–Trinajstić information content (AvgIpc) is 3.41. The third-order valence-corrected chi connectivity index (χ3v) is 7.49. The van der Waals surface area contributed by atoms with Crippen molar-refractivity contribution < 1.29 is 29.6 Å². The molecule has 0 spiro atoms. The summed E-state index contributed by atoms with van der Waals surface area (Å²) < 4.78 is 20.7. The minimum atomic E-state index is -1.07. The van der Waals surface area contributed by atoms with E-state index in [1.165, 1.54) is 12.1 Å². The lowest BCUT2D eigenvalue weighted by Crippen LogP contribution is -2.58. The number of hydrogen-bond acceptors (Lipinski definition) is 11. The van der Waals surface area contributed by atoms with Gasteiger partial charge in [-0.1, -0.05) is 0 Å². The van der Waals surface area contributed by atoms with E-state index >= 15 is 4.39 Å². The maximum absolute atomic E-state index is 15.2. The molecule has 5 N–H and O–H groups in total. The van der Waals surface area contributed by atoms with Gasteiger partial charge >= 0.3 is 0 Å². The average molecular weight is 545 g/mol. The number of piperidine rings is 1. The Kier molecular flexibility index (Phi) is 9.19. The summed E-state index contributed by atoms with van der Waals surface area (Å²) in [4.78, 5) is 12.8. The van der Waals surface area contributed by atoms with Gasteiger partial charge in [0.25, 0.3) is 0 Å². The third-order valence-electron chi connectivity index (χ3n) is 7.49. The lowest BCUT2D eigenvalue weighted by atomic mass is 9.83. The molecule has 4 unspecified atom stereocenters. The fraction of sp³-hybridized carbons (Fsp3) is 0.593. The zero-order valence-corrected chi connectivity index (χ0v) is 22.3. The van der Waals surface area contributed by atoms with Crippen molar-refractivity contribution in [2.24, 2.45) is 0 Å². The molecule has 0 amide bonds. The molecule has 2 aliphatic rings. The number of nitrogens with zero attached hydrogens (tertiary/aromatic N) is 5. The number of aromatic nitrogens is 2. The van der Waals surface area contributed by atoms with Crippen LogP contribution in [-0.4, -0.2) is 98.0 Å². The number of aliphatic hydroxyl groups is 4. The number of aliphatic hydroxyl groups excluding tert-OH is 4. The van der Waals surface area contributed by atoms with Crippen LogP contribution in [0.3, 0.4) is 0 Å². The van der Waals surface area contributed by atoms with Crippen LogP contribution in [0.15, 0.2) is 24.4 Å². The molecule has 0 bridgehead atoms. The van der Waals surface area contributed by atoms with Gasteiger partial charge in [0.15, 0.2) is 11.6 Å². The molecule has 11 nitrogen and oxygen atoms in total. The fourth-order valence-electron chi connectivity index (χ4n) is 5.71. The molecule has 0 aliphatic carbocycles. The summed E-state index contributed by atoms with van der Waals surface area (Å²) in [5.41, 5.74) is 0.536. The third kappa shape index (κ3) is 6.74. The van der Waals surface area contributed by atoms with Crippen LogP contribution in [0.25, 0.3) is 0 Å². The first kappa shape index (κ1) is 28.9. The summed E-state index contributed by atoms with van der Waals surface area (Å²) in [7, 11) is 0. The predicted molar refractivity (Wildman–Crippen MR) is 142 cm³/mol. The molecule has 0 radical (unpaired) electrons. The van der Waals surface area contributed by atoms with Gasteiger partial charge in [0.05, 0.1) is 31.1 Å². The summed E-state index contributed by atoms with van der Waals surface area (Å²) in [6.45, 7) is 4.33. The molecule has 2 saturated heterocycles. The fourth-order valence-corrected chi connectivity index (χ4v) is 5.71. The van der Waals surface area contributed by atoms with Crippen molar-refractivity contribution in [3.05, 3.63) is 35.8 Å². The van der Waals surface area contributed by atoms with E-state index in [0.717, 1.165) is 38.4 Å². The summed E-state index contributed by atoms with van der Waals surface area (Å²) in [6.07, 6.45) is 2.65. The Labute approximate surface area is 227 Å². The Morgan fingerprint density at radius 2 is 2.05 bits per heavy atom. The molecule has 4 rings (SSSR count). The Morgan fingerprint density at radius 3 is 2.77 bits per heavy atom. The van der Waals surface area contributed by atoms with Crippen molar-refractivity contribution in [3.8, 4) is 11.8 Å². The van der Waals surface area contributed by atoms with Crippen LogP contribution in [0.1, 0.15) is 45.1 Å². The zero-order chi connectivity index (χ0) is 28.2.